The number of carbonyl (C=O) groups is 1. The number of amides is 1. The van der Waals surface area contributed by atoms with E-state index in [9.17, 15) is 4.79 Å². The molecule has 0 spiro atoms. The van der Waals surface area contributed by atoms with Crippen molar-refractivity contribution >= 4 is 11.7 Å². The van der Waals surface area contributed by atoms with Crippen LogP contribution in [0.1, 0.15) is 69.2 Å². The fraction of sp³-hybridized carbons (Fsp3) is 0.882. The minimum absolute atomic E-state index is 0.00441. The second-order valence-corrected chi connectivity index (χ2v) is 9.05. The van der Waals surface area contributed by atoms with Crippen molar-refractivity contribution in [1.82, 2.24) is 5.32 Å². The van der Waals surface area contributed by atoms with Crippen LogP contribution >= 0.6 is 0 Å². The standard InChI is InChI=1S/C17H35N3O2/c1-14(2,3)13(21)20-16(7,8)11-22-17(9,10)12(18)19-15(4,5)6/h11H2,1-10H3,(H2,18,19)(H,20,21). The molecule has 0 fully saturated rings. The second kappa shape index (κ2) is 6.57. The van der Waals surface area contributed by atoms with Crippen LogP contribution < -0.4 is 11.1 Å². The molecular formula is C17H35N3O2. The Morgan fingerprint density at radius 1 is 1.00 bits per heavy atom. The van der Waals surface area contributed by atoms with E-state index in [0.717, 1.165) is 0 Å². The highest BCUT2D eigenvalue weighted by Crippen LogP contribution is 2.19. The molecule has 0 aromatic rings. The summed E-state index contributed by atoms with van der Waals surface area (Å²) in [6.45, 7) is 19.6. The monoisotopic (exact) mass is 313 g/mol. The lowest BCUT2D eigenvalue weighted by Gasteiger charge is -2.34. The number of amidine groups is 1. The molecule has 0 saturated heterocycles. The van der Waals surface area contributed by atoms with Gasteiger partial charge in [-0.15, -0.1) is 0 Å². The van der Waals surface area contributed by atoms with E-state index in [4.69, 9.17) is 10.5 Å². The third-order valence-corrected chi connectivity index (χ3v) is 3.00. The number of carbonyl (C=O) groups excluding carboxylic acids is 1. The van der Waals surface area contributed by atoms with Crippen LogP contribution in [0.3, 0.4) is 0 Å². The van der Waals surface area contributed by atoms with Crippen molar-refractivity contribution in [3.63, 3.8) is 0 Å². The Balaban J connectivity index is 4.84. The molecular weight excluding hydrogens is 278 g/mol. The predicted octanol–water partition coefficient (Wildman–Crippen LogP) is 2.88. The minimum atomic E-state index is -0.684. The first kappa shape index (κ1) is 20.9. The van der Waals surface area contributed by atoms with Gasteiger partial charge < -0.3 is 15.8 Å². The number of aliphatic imine (C=N–C) groups is 1. The topological polar surface area (TPSA) is 76.7 Å². The molecule has 0 aromatic carbocycles. The average molecular weight is 313 g/mol. The highest BCUT2D eigenvalue weighted by atomic mass is 16.5. The van der Waals surface area contributed by atoms with E-state index in [0.29, 0.717) is 12.4 Å². The molecule has 5 nitrogen and oxygen atoms in total. The fourth-order valence-corrected chi connectivity index (χ4v) is 1.46. The molecule has 130 valence electrons. The number of rotatable bonds is 5. The number of ether oxygens (including phenoxy) is 1. The van der Waals surface area contributed by atoms with Crippen LogP contribution in [0.5, 0.6) is 0 Å². The first-order chi connectivity index (χ1) is 9.46. The summed E-state index contributed by atoms with van der Waals surface area (Å²) >= 11 is 0. The van der Waals surface area contributed by atoms with Crippen molar-refractivity contribution in [1.29, 1.82) is 0 Å². The maximum atomic E-state index is 12.1. The van der Waals surface area contributed by atoms with Gasteiger partial charge in [-0.3, -0.25) is 9.79 Å². The maximum absolute atomic E-state index is 12.1. The maximum Gasteiger partial charge on any atom is 0.225 e. The number of nitrogens with zero attached hydrogens (tertiary/aromatic N) is 1. The summed E-state index contributed by atoms with van der Waals surface area (Å²) in [5, 5.41) is 3.01. The van der Waals surface area contributed by atoms with Gasteiger partial charge in [-0.05, 0) is 48.5 Å². The van der Waals surface area contributed by atoms with Gasteiger partial charge in [0.1, 0.15) is 11.4 Å². The van der Waals surface area contributed by atoms with Crippen LogP contribution in [-0.2, 0) is 9.53 Å². The number of hydrogen-bond acceptors (Lipinski definition) is 3. The lowest BCUT2D eigenvalue weighted by molar-refractivity contribution is -0.131. The zero-order valence-corrected chi connectivity index (χ0v) is 16.0. The van der Waals surface area contributed by atoms with E-state index in [1.165, 1.54) is 0 Å². The Bertz CT molecular complexity index is 424. The Hall–Kier alpha value is -1.10. The van der Waals surface area contributed by atoms with Crippen LogP contribution in [0.25, 0.3) is 0 Å². The van der Waals surface area contributed by atoms with Gasteiger partial charge >= 0.3 is 0 Å². The third kappa shape index (κ3) is 7.78. The van der Waals surface area contributed by atoms with E-state index in [1.54, 1.807) is 0 Å². The molecule has 0 atom stereocenters. The van der Waals surface area contributed by atoms with Crippen molar-refractivity contribution in [2.75, 3.05) is 6.61 Å². The zero-order valence-electron chi connectivity index (χ0n) is 16.0. The minimum Gasteiger partial charge on any atom is -0.385 e. The van der Waals surface area contributed by atoms with Gasteiger partial charge in [-0.2, -0.15) is 0 Å². The van der Waals surface area contributed by atoms with Crippen LogP contribution in [0, 0.1) is 5.41 Å². The molecule has 0 aliphatic carbocycles. The van der Waals surface area contributed by atoms with Gasteiger partial charge in [-0.1, -0.05) is 20.8 Å². The zero-order chi connectivity index (χ0) is 18.0. The molecule has 0 saturated carbocycles. The first-order valence-electron chi connectivity index (χ1n) is 7.79. The smallest absolute Gasteiger partial charge is 0.225 e. The van der Waals surface area contributed by atoms with Gasteiger partial charge in [0.05, 0.1) is 17.7 Å². The van der Waals surface area contributed by atoms with Gasteiger partial charge in [0, 0.05) is 5.41 Å². The van der Waals surface area contributed by atoms with Crippen molar-refractivity contribution < 1.29 is 9.53 Å². The van der Waals surface area contributed by atoms with Crippen molar-refractivity contribution in [3.05, 3.63) is 0 Å². The summed E-state index contributed by atoms with van der Waals surface area (Å²) < 4.78 is 5.94. The number of nitrogens with two attached hydrogens (primary N) is 1. The SMILES string of the molecule is CC(C)(C)N=C(N)C(C)(C)OCC(C)(C)NC(=O)C(C)(C)C. The van der Waals surface area contributed by atoms with Crippen molar-refractivity contribution in [2.24, 2.45) is 16.1 Å². The molecule has 0 rings (SSSR count). The third-order valence-electron chi connectivity index (χ3n) is 3.00. The number of hydrogen-bond donors (Lipinski definition) is 2. The normalized spacial score (nSPS) is 14.9. The Morgan fingerprint density at radius 3 is 1.82 bits per heavy atom. The first-order valence-corrected chi connectivity index (χ1v) is 7.79. The number of nitrogens with one attached hydrogen (secondary N) is 1. The van der Waals surface area contributed by atoms with E-state index < -0.39 is 16.6 Å². The van der Waals surface area contributed by atoms with E-state index in [1.807, 2.05) is 69.2 Å². The largest absolute Gasteiger partial charge is 0.385 e. The summed E-state index contributed by atoms with van der Waals surface area (Å²) in [6, 6.07) is 0. The summed E-state index contributed by atoms with van der Waals surface area (Å²) in [7, 11) is 0. The lowest BCUT2D eigenvalue weighted by atomic mass is 9.93. The predicted molar refractivity (Wildman–Crippen MR) is 93.1 cm³/mol. The summed E-state index contributed by atoms with van der Waals surface area (Å²) in [6.07, 6.45) is 0. The Labute approximate surface area is 136 Å². The van der Waals surface area contributed by atoms with Gasteiger partial charge in [0.2, 0.25) is 5.91 Å². The van der Waals surface area contributed by atoms with Crippen LogP contribution in [0.2, 0.25) is 0 Å². The molecule has 0 aromatic heterocycles. The highest BCUT2D eigenvalue weighted by Gasteiger charge is 2.32. The van der Waals surface area contributed by atoms with Crippen LogP contribution in [-0.4, -0.2) is 35.0 Å². The fourth-order valence-electron chi connectivity index (χ4n) is 1.46. The molecule has 0 bridgehead atoms. The molecule has 0 aliphatic heterocycles. The van der Waals surface area contributed by atoms with Gasteiger partial charge in [0.15, 0.2) is 0 Å². The van der Waals surface area contributed by atoms with Crippen molar-refractivity contribution in [3.8, 4) is 0 Å². The van der Waals surface area contributed by atoms with Crippen LogP contribution in [0.15, 0.2) is 4.99 Å². The quantitative estimate of drug-likeness (QED) is 0.605. The molecule has 22 heavy (non-hydrogen) atoms. The summed E-state index contributed by atoms with van der Waals surface area (Å²) in [5.41, 5.74) is 4.23. The highest BCUT2D eigenvalue weighted by molar-refractivity contribution is 5.88. The molecule has 1 amide bonds. The molecule has 5 heteroatoms. The molecule has 0 heterocycles. The average Bonchev–Trinajstić information content (AvgIpc) is 2.22. The van der Waals surface area contributed by atoms with E-state index in [2.05, 4.69) is 10.3 Å². The van der Waals surface area contributed by atoms with Crippen molar-refractivity contribution in [2.45, 2.75) is 85.9 Å². The van der Waals surface area contributed by atoms with Gasteiger partial charge in [-0.25, -0.2) is 0 Å². The lowest BCUT2D eigenvalue weighted by Crippen LogP contribution is -2.53. The van der Waals surface area contributed by atoms with Crippen LogP contribution in [0.4, 0.5) is 0 Å². The Morgan fingerprint density at radius 2 is 1.45 bits per heavy atom. The molecule has 0 unspecified atom stereocenters. The van der Waals surface area contributed by atoms with E-state index >= 15 is 0 Å². The summed E-state index contributed by atoms with van der Waals surface area (Å²) in [5.74, 6) is 0.452. The summed E-state index contributed by atoms with van der Waals surface area (Å²) in [4.78, 5) is 16.6. The van der Waals surface area contributed by atoms with Gasteiger partial charge in [0.25, 0.3) is 0 Å². The van der Waals surface area contributed by atoms with E-state index in [-0.39, 0.29) is 11.4 Å². The molecule has 0 aliphatic rings. The molecule has 3 N–H and O–H groups in total. The molecule has 0 radical (unpaired) electrons. The Kier molecular flexibility index (Phi) is 6.24. The second-order valence-electron chi connectivity index (χ2n) is 9.05.